The molecule has 0 aromatic heterocycles. The van der Waals surface area contributed by atoms with Gasteiger partial charge >= 0.3 is 24.4 Å². The predicted octanol–water partition coefficient (Wildman–Crippen LogP) is 8.40. The summed E-state index contributed by atoms with van der Waals surface area (Å²) in [6, 6.07) is 3.44. The third-order valence-corrected chi connectivity index (χ3v) is 9.52. The quantitative estimate of drug-likeness (QED) is 0.209. The first-order valence-corrected chi connectivity index (χ1v) is 15.9. The molecule has 47 heavy (non-hydrogen) atoms. The molecule has 0 bridgehead atoms. The number of piperazine rings is 1. The molecule has 260 valence electrons. The Bertz CT molecular complexity index is 1370. The molecule has 13 heteroatoms. The summed E-state index contributed by atoms with van der Waals surface area (Å²) in [5.41, 5.74) is -1.86. The van der Waals surface area contributed by atoms with Crippen LogP contribution in [0.2, 0.25) is 0 Å². The number of amides is 2. The van der Waals surface area contributed by atoms with E-state index in [1.807, 2.05) is 0 Å². The van der Waals surface area contributed by atoms with Crippen molar-refractivity contribution in [3.05, 3.63) is 70.0 Å². The number of carbonyl (C=O) groups excluding carboxylic acids is 2. The lowest BCUT2D eigenvalue weighted by Crippen LogP contribution is -2.54. The van der Waals surface area contributed by atoms with Crippen LogP contribution < -0.4 is 0 Å². The molecule has 1 saturated carbocycles. The molecule has 2 atom stereocenters. The number of urea groups is 1. The zero-order valence-electron chi connectivity index (χ0n) is 27.1. The number of ether oxygens (including phenoxy) is 1. The van der Waals surface area contributed by atoms with Crippen molar-refractivity contribution in [1.82, 2.24) is 14.7 Å². The van der Waals surface area contributed by atoms with Gasteiger partial charge in [0, 0.05) is 39.6 Å². The van der Waals surface area contributed by atoms with E-state index >= 15 is 0 Å². The number of carbonyl (C=O) groups is 2. The Morgan fingerprint density at radius 3 is 2.09 bits per heavy atom. The molecule has 2 amide bonds. The Morgan fingerprint density at radius 2 is 1.53 bits per heavy atom. The molecule has 1 saturated heterocycles. The molecule has 2 aromatic carbocycles. The average Bonchev–Trinajstić information content (AvgIpc) is 3.00. The number of rotatable bonds is 8. The highest BCUT2D eigenvalue weighted by Gasteiger charge is 2.40. The summed E-state index contributed by atoms with van der Waals surface area (Å²) >= 11 is 0. The second-order valence-electron chi connectivity index (χ2n) is 12.8. The monoisotopic (exact) mass is 673 g/mol. The first-order chi connectivity index (χ1) is 22.0. The van der Waals surface area contributed by atoms with Crippen LogP contribution in [0, 0.1) is 24.6 Å². The van der Waals surface area contributed by atoms with E-state index in [0.29, 0.717) is 55.3 Å². The molecule has 0 radical (unpaired) electrons. The van der Waals surface area contributed by atoms with Crippen molar-refractivity contribution in [3.63, 3.8) is 0 Å². The van der Waals surface area contributed by atoms with E-state index in [0.717, 1.165) is 37.1 Å². The summed E-state index contributed by atoms with van der Waals surface area (Å²) < 4.78 is 100. The SMILES string of the molecule is CCOC(=O)C[C@H]1CC[C@@H](CN2CCN(C(=O)N(C)C(C)c3cc(C(F)(F)F)cc(C(F)(F)F)c3)[C@@H](c3ccc(F)cc3C)C2)CC1. The maximum absolute atomic E-state index is 14.1. The van der Waals surface area contributed by atoms with Gasteiger partial charge in [-0.1, -0.05) is 6.07 Å². The van der Waals surface area contributed by atoms with E-state index in [9.17, 15) is 40.3 Å². The molecule has 1 aliphatic heterocycles. The Kier molecular flexibility index (Phi) is 11.5. The van der Waals surface area contributed by atoms with Crippen molar-refractivity contribution in [3.8, 4) is 0 Å². The number of alkyl halides is 6. The molecular formula is C34H42F7N3O3. The smallest absolute Gasteiger partial charge is 0.416 e. The van der Waals surface area contributed by atoms with Gasteiger partial charge in [-0.3, -0.25) is 9.69 Å². The Hall–Kier alpha value is -3.35. The third-order valence-electron chi connectivity index (χ3n) is 9.52. The maximum atomic E-state index is 14.1. The minimum atomic E-state index is -5.01. The number of aryl methyl sites for hydroxylation is 1. The van der Waals surface area contributed by atoms with Crippen LogP contribution in [-0.2, 0) is 21.9 Å². The van der Waals surface area contributed by atoms with Crippen LogP contribution in [0.3, 0.4) is 0 Å². The molecule has 1 heterocycles. The first-order valence-electron chi connectivity index (χ1n) is 15.9. The molecule has 4 rings (SSSR count). The molecule has 0 spiro atoms. The predicted molar refractivity (Wildman–Crippen MR) is 162 cm³/mol. The van der Waals surface area contributed by atoms with E-state index in [4.69, 9.17) is 4.74 Å². The largest absolute Gasteiger partial charge is 0.466 e. The van der Waals surface area contributed by atoms with Crippen LogP contribution in [0.15, 0.2) is 36.4 Å². The number of esters is 1. The highest BCUT2D eigenvalue weighted by molar-refractivity contribution is 5.75. The van der Waals surface area contributed by atoms with Gasteiger partial charge < -0.3 is 14.5 Å². The van der Waals surface area contributed by atoms with E-state index in [2.05, 4.69) is 4.90 Å². The number of hydrogen-bond acceptors (Lipinski definition) is 4. The zero-order chi connectivity index (χ0) is 34.7. The second-order valence-corrected chi connectivity index (χ2v) is 12.8. The Balaban J connectivity index is 1.52. The van der Waals surface area contributed by atoms with Crippen molar-refractivity contribution in [2.75, 3.05) is 39.8 Å². The molecule has 0 N–H and O–H groups in total. The summed E-state index contributed by atoms with van der Waals surface area (Å²) in [7, 11) is 1.36. The number of nitrogens with zero attached hydrogens (tertiary/aromatic N) is 3. The van der Waals surface area contributed by atoms with Gasteiger partial charge in [-0.15, -0.1) is 0 Å². The van der Waals surface area contributed by atoms with Crippen LogP contribution in [-0.4, -0.2) is 66.5 Å². The summed E-state index contributed by atoms with van der Waals surface area (Å²) in [4.78, 5) is 30.9. The van der Waals surface area contributed by atoms with Gasteiger partial charge in [0.2, 0.25) is 0 Å². The summed E-state index contributed by atoms with van der Waals surface area (Å²) in [6.45, 7) is 7.22. The van der Waals surface area contributed by atoms with Crippen molar-refractivity contribution in [1.29, 1.82) is 0 Å². The fourth-order valence-corrected chi connectivity index (χ4v) is 6.76. The molecule has 2 aliphatic rings. The van der Waals surface area contributed by atoms with E-state index in [1.165, 1.54) is 26.1 Å². The average molecular weight is 674 g/mol. The van der Waals surface area contributed by atoms with Crippen molar-refractivity contribution < 1.29 is 45.1 Å². The van der Waals surface area contributed by atoms with Gasteiger partial charge in [0.05, 0.1) is 29.8 Å². The summed E-state index contributed by atoms with van der Waals surface area (Å²) in [6.07, 6.45) is -5.90. The molecule has 6 nitrogen and oxygen atoms in total. The highest BCUT2D eigenvalue weighted by Crippen LogP contribution is 2.39. The first kappa shape index (κ1) is 36.5. The standard InChI is InChI=1S/C34H42F7N3O3/c1-5-47-31(45)15-23-6-8-24(9-7-23)19-43-12-13-44(30(20-43)29-11-10-28(35)14-21(29)2)32(46)42(4)22(3)25-16-26(33(36,37)38)18-27(17-25)34(39,40)41/h10-11,14,16-18,22-24,30H,5-9,12-13,15,19-20H2,1-4H3/t22?,23-,24+,30-/m1/s1. The van der Waals surface area contributed by atoms with Crippen molar-refractivity contribution in [2.24, 2.45) is 11.8 Å². The summed E-state index contributed by atoms with van der Waals surface area (Å²) in [5.74, 6) is 0.0579. The van der Waals surface area contributed by atoms with Gasteiger partial charge in [0.1, 0.15) is 5.82 Å². The Morgan fingerprint density at radius 1 is 0.936 bits per heavy atom. The van der Waals surface area contributed by atoms with Gasteiger partial charge in [0.15, 0.2) is 0 Å². The lowest BCUT2D eigenvalue weighted by atomic mass is 9.80. The van der Waals surface area contributed by atoms with Gasteiger partial charge in [-0.25, -0.2) is 9.18 Å². The van der Waals surface area contributed by atoms with Crippen LogP contribution in [0.5, 0.6) is 0 Å². The van der Waals surface area contributed by atoms with Crippen molar-refractivity contribution in [2.45, 2.75) is 77.3 Å². The Labute approximate surface area is 270 Å². The molecular weight excluding hydrogens is 631 g/mol. The molecule has 1 aliphatic carbocycles. The highest BCUT2D eigenvalue weighted by atomic mass is 19.4. The number of benzene rings is 2. The maximum Gasteiger partial charge on any atom is 0.416 e. The molecule has 2 aromatic rings. The zero-order valence-corrected chi connectivity index (χ0v) is 27.1. The van der Waals surface area contributed by atoms with E-state index < -0.39 is 47.4 Å². The van der Waals surface area contributed by atoms with Crippen molar-refractivity contribution >= 4 is 12.0 Å². The number of halogens is 7. The fourth-order valence-electron chi connectivity index (χ4n) is 6.76. The van der Waals surface area contributed by atoms with Gasteiger partial charge in [-0.05, 0) is 105 Å². The van der Waals surface area contributed by atoms with Gasteiger partial charge in [0.25, 0.3) is 0 Å². The molecule has 2 fully saturated rings. The second kappa shape index (κ2) is 14.8. The van der Waals surface area contributed by atoms with Crippen LogP contribution >= 0.6 is 0 Å². The third kappa shape index (κ3) is 9.17. The topological polar surface area (TPSA) is 53.1 Å². The minimum Gasteiger partial charge on any atom is -0.466 e. The lowest BCUT2D eigenvalue weighted by molar-refractivity contribution is -0.145. The normalized spacial score (nSPS) is 21.8. The van der Waals surface area contributed by atoms with E-state index in [-0.39, 0.29) is 30.1 Å². The van der Waals surface area contributed by atoms with E-state index in [1.54, 1.807) is 24.8 Å². The lowest BCUT2D eigenvalue weighted by Gasteiger charge is -2.45. The van der Waals surface area contributed by atoms with Crippen LogP contribution in [0.1, 0.15) is 85.9 Å². The molecule has 1 unspecified atom stereocenters. The van der Waals surface area contributed by atoms with Crippen LogP contribution in [0.25, 0.3) is 0 Å². The number of hydrogen-bond donors (Lipinski definition) is 0. The van der Waals surface area contributed by atoms with Gasteiger partial charge in [-0.2, -0.15) is 26.3 Å². The summed E-state index contributed by atoms with van der Waals surface area (Å²) in [5, 5.41) is 0. The van der Waals surface area contributed by atoms with Crippen LogP contribution in [0.4, 0.5) is 35.5 Å². The fraction of sp³-hybridized carbons (Fsp3) is 0.588. The minimum absolute atomic E-state index is 0.0669.